The summed E-state index contributed by atoms with van der Waals surface area (Å²) in [6.07, 6.45) is 0.753. The lowest BCUT2D eigenvalue weighted by Crippen LogP contribution is -2.46. The lowest BCUT2D eigenvalue weighted by atomic mass is 10.1. The van der Waals surface area contributed by atoms with Crippen LogP contribution in [-0.2, 0) is 4.79 Å². The number of rotatable bonds is 4. The first-order chi connectivity index (χ1) is 9.15. The molecular weight excluding hydrogens is 244 g/mol. The Bertz CT molecular complexity index is 488. The van der Waals surface area contributed by atoms with Crippen molar-refractivity contribution in [3.63, 3.8) is 0 Å². The van der Waals surface area contributed by atoms with Gasteiger partial charge in [-0.1, -0.05) is 6.92 Å². The van der Waals surface area contributed by atoms with E-state index in [4.69, 9.17) is 9.47 Å². The quantitative estimate of drug-likeness (QED) is 0.906. The minimum absolute atomic E-state index is 0.102. The van der Waals surface area contributed by atoms with E-state index < -0.39 is 0 Å². The fourth-order valence-corrected chi connectivity index (χ4v) is 2.37. The van der Waals surface area contributed by atoms with Gasteiger partial charge in [0, 0.05) is 18.7 Å². The van der Waals surface area contributed by atoms with E-state index in [9.17, 15) is 4.79 Å². The molecule has 0 radical (unpaired) electrons. The summed E-state index contributed by atoms with van der Waals surface area (Å²) in [7, 11) is 3.20. The van der Waals surface area contributed by atoms with Gasteiger partial charge in [-0.3, -0.25) is 4.79 Å². The van der Waals surface area contributed by atoms with Crippen molar-refractivity contribution in [3.05, 3.63) is 12.1 Å². The Kier molecular flexibility index (Phi) is 3.83. The standard InChI is InChI=1S/C14H20N2O3/c1-5-9-14(17)16(6-2)11-8-13(19-4)12(18-3)7-10(11)15-9/h7-9,15H,5-6H2,1-4H3. The van der Waals surface area contributed by atoms with Crippen molar-refractivity contribution >= 4 is 17.3 Å². The highest BCUT2D eigenvalue weighted by atomic mass is 16.5. The molecule has 1 atom stereocenters. The van der Waals surface area contributed by atoms with E-state index in [1.165, 1.54) is 0 Å². The van der Waals surface area contributed by atoms with Crippen LogP contribution < -0.4 is 19.7 Å². The lowest BCUT2D eigenvalue weighted by Gasteiger charge is -2.35. The van der Waals surface area contributed by atoms with Crippen LogP contribution in [0.25, 0.3) is 0 Å². The van der Waals surface area contributed by atoms with E-state index in [1.54, 1.807) is 19.1 Å². The zero-order valence-corrected chi connectivity index (χ0v) is 11.8. The van der Waals surface area contributed by atoms with Crippen LogP contribution in [0.5, 0.6) is 11.5 Å². The van der Waals surface area contributed by atoms with Crippen molar-refractivity contribution in [1.82, 2.24) is 0 Å². The van der Waals surface area contributed by atoms with E-state index in [2.05, 4.69) is 5.32 Å². The van der Waals surface area contributed by atoms with Gasteiger partial charge in [-0.05, 0) is 13.3 Å². The number of anilines is 2. The Morgan fingerprint density at radius 1 is 1.21 bits per heavy atom. The molecule has 1 amide bonds. The zero-order chi connectivity index (χ0) is 14.0. The van der Waals surface area contributed by atoms with Gasteiger partial charge in [-0.2, -0.15) is 0 Å². The summed E-state index contributed by atoms with van der Waals surface area (Å²) in [5.74, 6) is 1.39. The van der Waals surface area contributed by atoms with Crippen LogP contribution in [0.3, 0.4) is 0 Å². The number of benzene rings is 1. The number of nitrogens with one attached hydrogen (secondary N) is 1. The van der Waals surface area contributed by atoms with Crippen molar-refractivity contribution in [3.8, 4) is 11.5 Å². The van der Waals surface area contributed by atoms with Crippen LogP contribution in [0.2, 0.25) is 0 Å². The van der Waals surface area contributed by atoms with Crippen molar-refractivity contribution in [2.24, 2.45) is 0 Å². The Morgan fingerprint density at radius 3 is 2.37 bits per heavy atom. The lowest BCUT2D eigenvalue weighted by molar-refractivity contribution is -0.119. The Hall–Kier alpha value is -1.91. The Labute approximate surface area is 113 Å². The average molecular weight is 264 g/mol. The Morgan fingerprint density at radius 2 is 1.84 bits per heavy atom. The first-order valence-electron chi connectivity index (χ1n) is 6.50. The molecular formula is C14H20N2O3. The maximum Gasteiger partial charge on any atom is 0.249 e. The maximum absolute atomic E-state index is 12.3. The molecule has 0 spiro atoms. The predicted molar refractivity (Wildman–Crippen MR) is 75.3 cm³/mol. The highest BCUT2D eigenvalue weighted by Gasteiger charge is 2.31. The van der Waals surface area contributed by atoms with Crippen molar-refractivity contribution in [1.29, 1.82) is 0 Å². The number of likely N-dealkylation sites (N-methyl/N-ethyl adjacent to an activating group) is 1. The fourth-order valence-electron chi connectivity index (χ4n) is 2.37. The molecule has 104 valence electrons. The summed E-state index contributed by atoms with van der Waals surface area (Å²) in [5.41, 5.74) is 1.75. The summed E-state index contributed by atoms with van der Waals surface area (Å²) < 4.78 is 10.6. The first kappa shape index (κ1) is 13.5. The number of nitrogens with zero attached hydrogens (tertiary/aromatic N) is 1. The maximum atomic E-state index is 12.3. The van der Waals surface area contributed by atoms with Gasteiger partial charge >= 0.3 is 0 Å². The van der Waals surface area contributed by atoms with Crippen molar-refractivity contribution in [2.45, 2.75) is 26.3 Å². The number of carbonyl (C=O) groups excluding carboxylic acids is 1. The number of hydrogen-bond acceptors (Lipinski definition) is 4. The average Bonchev–Trinajstić information content (AvgIpc) is 2.45. The van der Waals surface area contributed by atoms with E-state index in [-0.39, 0.29) is 11.9 Å². The number of amides is 1. The summed E-state index contributed by atoms with van der Waals surface area (Å²) in [5, 5.41) is 3.26. The molecule has 19 heavy (non-hydrogen) atoms. The molecule has 0 bridgehead atoms. The van der Waals surface area contributed by atoms with Gasteiger partial charge in [0.2, 0.25) is 5.91 Å². The van der Waals surface area contributed by atoms with Crippen LogP contribution in [0.4, 0.5) is 11.4 Å². The Balaban J connectivity index is 2.53. The van der Waals surface area contributed by atoms with E-state index in [1.807, 2.05) is 26.0 Å². The second-order valence-corrected chi connectivity index (χ2v) is 4.41. The molecule has 1 aliphatic heterocycles. The van der Waals surface area contributed by atoms with Crippen LogP contribution in [0, 0.1) is 0 Å². The van der Waals surface area contributed by atoms with Gasteiger partial charge in [-0.15, -0.1) is 0 Å². The number of hydrogen-bond donors (Lipinski definition) is 1. The molecule has 1 aromatic carbocycles. The van der Waals surface area contributed by atoms with Gasteiger partial charge in [0.25, 0.3) is 0 Å². The van der Waals surface area contributed by atoms with Gasteiger partial charge in [0.15, 0.2) is 11.5 Å². The number of methoxy groups -OCH3 is 2. The molecule has 2 rings (SSSR count). The van der Waals surface area contributed by atoms with Gasteiger partial charge in [0.05, 0.1) is 25.6 Å². The third-order valence-electron chi connectivity index (χ3n) is 3.41. The highest BCUT2D eigenvalue weighted by molar-refractivity contribution is 6.05. The normalized spacial score (nSPS) is 17.8. The van der Waals surface area contributed by atoms with Crippen molar-refractivity contribution in [2.75, 3.05) is 31.0 Å². The molecule has 5 heteroatoms. The molecule has 1 N–H and O–H groups in total. The second-order valence-electron chi connectivity index (χ2n) is 4.41. The molecule has 0 aromatic heterocycles. The third-order valence-corrected chi connectivity index (χ3v) is 3.41. The second kappa shape index (κ2) is 5.38. The summed E-state index contributed by atoms with van der Waals surface area (Å²) >= 11 is 0. The van der Waals surface area contributed by atoms with Crippen LogP contribution in [0.1, 0.15) is 20.3 Å². The van der Waals surface area contributed by atoms with Crippen LogP contribution in [-0.4, -0.2) is 32.7 Å². The SMILES string of the molecule is CCC1Nc2cc(OC)c(OC)cc2N(CC)C1=O. The van der Waals surface area contributed by atoms with E-state index in [0.29, 0.717) is 18.0 Å². The topological polar surface area (TPSA) is 50.8 Å². The minimum atomic E-state index is -0.175. The van der Waals surface area contributed by atoms with Gasteiger partial charge in [0.1, 0.15) is 6.04 Å². The van der Waals surface area contributed by atoms with Gasteiger partial charge < -0.3 is 19.7 Å². The monoisotopic (exact) mass is 264 g/mol. The van der Waals surface area contributed by atoms with Crippen molar-refractivity contribution < 1.29 is 14.3 Å². The largest absolute Gasteiger partial charge is 0.493 e. The van der Waals surface area contributed by atoms with Crippen LogP contribution in [0.15, 0.2) is 12.1 Å². The molecule has 5 nitrogen and oxygen atoms in total. The van der Waals surface area contributed by atoms with E-state index in [0.717, 1.165) is 17.8 Å². The highest BCUT2D eigenvalue weighted by Crippen LogP contribution is 2.41. The molecule has 1 aliphatic rings. The van der Waals surface area contributed by atoms with Crippen LogP contribution >= 0.6 is 0 Å². The third kappa shape index (κ3) is 2.20. The van der Waals surface area contributed by atoms with E-state index >= 15 is 0 Å². The smallest absolute Gasteiger partial charge is 0.249 e. The number of ether oxygens (including phenoxy) is 2. The summed E-state index contributed by atoms with van der Waals surface area (Å²) in [6, 6.07) is 3.55. The molecule has 1 heterocycles. The molecule has 1 unspecified atom stereocenters. The van der Waals surface area contributed by atoms with Gasteiger partial charge in [-0.25, -0.2) is 0 Å². The molecule has 0 fully saturated rings. The summed E-state index contributed by atoms with van der Waals surface area (Å²) in [6.45, 7) is 4.60. The molecule has 1 aromatic rings. The molecule has 0 saturated heterocycles. The minimum Gasteiger partial charge on any atom is -0.493 e. The number of fused-ring (bicyclic) bond motifs is 1. The number of carbonyl (C=O) groups is 1. The molecule has 0 saturated carbocycles. The fraction of sp³-hybridized carbons (Fsp3) is 0.500. The predicted octanol–water partition coefficient (Wildman–Crippen LogP) is 2.26. The molecule has 0 aliphatic carbocycles. The summed E-state index contributed by atoms with van der Waals surface area (Å²) in [4.78, 5) is 14.1. The first-order valence-corrected chi connectivity index (χ1v) is 6.50. The zero-order valence-electron chi connectivity index (χ0n) is 11.8.